The Hall–Kier alpha value is -2.66. The Kier molecular flexibility index (Phi) is 7.18. The van der Waals surface area contributed by atoms with Gasteiger partial charge >= 0.3 is 0 Å². The van der Waals surface area contributed by atoms with Crippen LogP contribution >= 0.6 is 11.8 Å². The highest BCUT2D eigenvalue weighted by Crippen LogP contribution is 2.30. The second kappa shape index (κ2) is 10.1. The van der Waals surface area contributed by atoms with Crippen molar-refractivity contribution >= 4 is 33.4 Å². The maximum Gasteiger partial charge on any atom is 0.238 e. The highest BCUT2D eigenvalue weighted by molar-refractivity contribution is 8.00. The summed E-state index contributed by atoms with van der Waals surface area (Å²) in [5.41, 5.74) is 2.54. The molecule has 1 aromatic heterocycles. The fraction of sp³-hybridized carbons (Fsp3) is 0.304. The van der Waals surface area contributed by atoms with Gasteiger partial charge in [0.15, 0.2) is 5.16 Å². The molecule has 8 nitrogen and oxygen atoms in total. The summed E-state index contributed by atoms with van der Waals surface area (Å²) >= 11 is 1.37. The number of carbonyl (C=O) groups is 1. The van der Waals surface area contributed by atoms with Crippen molar-refractivity contribution in [3.8, 4) is 11.3 Å². The molecule has 1 aliphatic heterocycles. The van der Waals surface area contributed by atoms with E-state index in [-0.39, 0.29) is 16.9 Å². The smallest absolute Gasteiger partial charge is 0.238 e. The van der Waals surface area contributed by atoms with E-state index in [2.05, 4.69) is 14.9 Å². The molecule has 0 radical (unpaired) electrons. The van der Waals surface area contributed by atoms with E-state index in [1.165, 1.54) is 36.0 Å². The maximum absolute atomic E-state index is 12.8. The summed E-state index contributed by atoms with van der Waals surface area (Å²) in [6, 6.07) is 15.8. The van der Waals surface area contributed by atoms with Crippen LogP contribution in [0.3, 0.4) is 0 Å². The summed E-state index contributed by atoms with van der Waals surface area (Å²) in [7, 11) is -3.78. The Labute approximate surface area is 197 Å². The minimum absolute atomic E-state index is 0.00692. The van der Waals surface area contributed by atoms with Gasteiger partial charge in [0, 0.05) is 12.3 Å². The van der Waals surface area contributed by atoms with Crippen LogP contribution in [0.4, 0.5) is 5.69 Å². The van der Waals surface area contributed by atoms with Gasteiger partial charge in [0.1, 0.15) is 0 Å². The number of hydrogen-bond acceptors (Lipinski definition) is 6. The van der Waals surface area contributed by atoms with Crippen molar-refractivity contribution in [2.75, 3.05) is 11.9 Å². The number of anilines is 1. The molecule has 2 aromatic carbocycles. The van der Waals surface area contributed by atoms with Gasteiger partial charge < -0.3 is 14.6 Å². The molecule has 0 spiro atoms. The van der Waals surface area contributed by atoms with E-state index in [1.54, 1.807) is 0 Å². The van der Waals surface area contributed by atoms with Crippen LogP contribution < -0.4 is 10.5 Å². The molecule has 4 rings (SSSR count). The lowest BCUT2D eigenvalue weighted by Crippen LogP contribution is -2.23. The average Bonchev–Trinajstić information content (AvgIpc) is 3.45. The average molecular weight is 487 g/mol. The van der Waals surface area contributed by atoms with Crippen molar-refractivity contribution in [2.45, 2.75) is 47.7 Å². The summed E-state index contributed by atoms with van der Waals surface area (Å²) < 4.78 is 30.8. The highest BCUT2D eigenvalue weighted by Gasteiger charge is 2.23. The second-order valence-corrected chi connectivity index (χ2v) is 10.7. The lowest BCUT2D eigenvalue weighted by molar-refractivity contribution is -0.115. The Morgan fingerprint density at radius 1 is 1.24 bits per heavy atom. The van der Waals surface area contributed by atoms with E-state index in [0.29, 0.717) is 12.2 Å². The molecule has 1 saturated heterocycles. The van der Waals surface area contributed by atoms with Crippen molar-refractivity contribution in [1.82, 2.24) is 9.55 Å². The molecule has 10 heteroatoms. The molecular weight excluding hydrogens is 460 g/mol. The fourth-order valence-corrected chi connectivity index (χ4v) is 5.06. The van der Waals surface area contributed by atoms with E-state index >= 15 is 0 Å². The molecular formula is C23H26N4O4S2. The van der Waals surface area contributed by atoms with Gasteiger partial charge in [-0.15, -0.1) is 0 Å². The molecule has 1 fully saturated rings. The predicted molar refractivity (Wildman–Crippen MR) is 128 cm³/mol. The molecule has 33 heavy (non-hydrogen) atoms. The number of carbonyl (C=O) groups excluding carboxylic acids is 1. The van der Waals surface area contributed by atoms with Crippen LogP contribution in [0.5, 0.6) is 0 Å². The van der Waals surface area contributed by atoms with Crippen LogP contribution in [-0.4, -0.2) is 41.8 Å². The highest BCUT2D eigenvalue weighted by atomic mass is 32.2. The van der Waals surface area contributed by atoms with Crippen LogP contribution in [0, 0.1) is 0 Å². The van der Waals surface area contributed by atoms with Crippen molar-refractivity contribution in [1.29, 1.82) is 0 Å². The quantitative estimate of drug-likeness (QED) is 0.471. The largest absolute Gasteiger partial charge is 0.376 e. The summed E-state index contributed by atoms with van der Waals surface area (Å²) in [6.07, 6.45) is 4.01. The third-order valence-corrected chi connectivity index (χ3v) is 7.43. The first-order valence-corrected chi connectivity index (χ1v) is 13.1. The van der Waals surface area contributed by atoms with Gasteiger partial charge in [0.25, 0.3) is 0 Å². The van der Waals surface area contributed by atoms with Gasteiger partial charge in [-0.1, -0.05) is 42.1 Å². The monoisotopic (exact) mass is 486 g/mol. The number of thioether (sulfide) groups is 1. The summed E-state index contributed by atoms with van der Waals surface area (Å²) in [5, 5.41) is 8.25. The number of rotatable bonds is 8. The van der Waals surface area contributed by atoms with Crippen LogP contribution in [0.15, 0.2) is 70.8 Å². The van der Waals surface area contributed by atoms with E-state index < -0.39 is 15.3 Å². The minimum Gasteiger partial charge on any atom is -0.376 e. The molecule has 1 aliphatic rings. The topological polar surface area (TPSA) is 116 Å². The van der Waals surface area contributed by atoms with Crippen LogP contribution in [0.25, 0.3) is 11.3 Å². The van der Waals surface area contributed by atoms with Crippen molar-refractivity contribution in [2.24, 2.45) is 5.14 Å². The second-order valence-electron chi connectivity index (χ2n) is 7.86. The lowest BCUT2D eigenvalue weighted by Gasteiger charge is -2.18. The summed E-state index contributed by atoms with van der Waals surface area (Å²) in [6.45, 7) is 3.26. The molecule has 0 bridgehead atoms. The number of imidazole rings is 1. The number of sulfonamides is 1. The van der Waals surface area contributed by atoms with E-state index in [9.17, 15) is 13.2 Å². The van der Waals surface area contributed by atoms with E-state index in [4.69, 9.17) is 9.88 Å². The Balaban J connectivity index is 1.50. The standard InChI is InChI=1S/C23H26N4O4S2/c1-16(22(28)26-18-9-11-20(12-10-18)33(24,29)30)32-23-25-14-21(17-6-3-2-4-7-17)27(23)15-19-8-5-13-31-19/h2-4,6-7,9-12,14,16,19H,5,8,13,15H2,1H3,(H,26,28)(H2,24,29,30). The third-order valence-electron chi connectivity index (χ3n) is 5.40. The zero-order valence-electron chi connectivity index (χ0n) is 18.2. The SMILES string of the molecule is CC(Sc1ncc(-c2ccccc2)n1CC1CCCO1)C(=O)Nc1ccc(S(N)(=O)=O)cc1. The van der Waals surface area contributed by atoms with Gasteiger partial charge in [-0.05, 0) is 49.6 Å². The number of nitrogens with one attached hydrogen (secondary N) is 1. The van der Waals surface area contributed by atoms with E-state index in [1.807, 2.05) is 43.5 Å². The van der Waals surface area contributed by atoms with Crippen molar-refractivity contribution < 1.29 is 17.9 Å². The van der Waals surface area contributed by atoms with E-state index in [0.717, 1.165) is 35.9 Å². The number of amides is 1. The minimum atomic E-state index is -3.78. The van der Waals surface area contributed by atoms with Gasteiger partial charge in [0.05, 0.1) is 34.7 Å². The number of benzene rings is 2. The van der Waals surface area contributed by atoms with Gasteiger partial charge in [-0.25, -0.2) is 18.5 Å². The molecule has 2 atom stereocenters. The summed E-state index contributed by atoms with van der Waals surface area (Å²) in [4.78, 5) is 17.4. The maximum atomic E-state index is 12.8. The van der Waals surface area contributed by atoms with Gasteiger partial charge in [-0.2, -0.15) is 0 Å². The van der Waals surface area contributed by atoms with Crippen LogP contribution in [0.2, 0.25) is 0 Å². The first-order chi connectivity index (χ1) is 15.8. The van der Waals surface area contributed by atoms with Crippen LogP contribution in [-0.2, 0) is 26.1 Å². The molecule has 2 unspecified atom stereocenters. The number of aromatic nitrogens is 2. The number of nitrogens with zero attached hydrogens (tertiary/aromatic N) is 2. The Bertz CT molecular complexity index is 1210. The third kappa shape index (κ3) is 5.83. The molecule has 3 aromatic rings. The number of hydrogen-bond donors (Lipinski definition) is 2. The number of ether oxygens (including phenoxy) is 1. The van der Waals surface area contributed by atoms with Crippen LogP contribution in [0.1, 0.15) is 19.8 Å². The Morgan fingerprint density at radius 2 is 1.97 bits per heavy atom. The number of primary sulfonamides is 1. The zero-order valence-corrected chi connectivity index (χ0v) is 19.8. The molecule has 0 aliphatic carbocycles. The lowest BCUT2D eigenvalue weighted by atomic mass is 10.1. The molecule has 0 saturated carbocycles. The van der Waals surface area contributed by atoms with Gasteiger partial charge in [-0.3, -0.25) is 4.79 Å². The molecule has 1 amide bonds. The molecule has 174 valence electrons. The predicted octanol–water partition coefficient (Wildman–Crippen LogP) is 3.50. The first kappa shape index (κ1) is 23.5. The zero-order chi connectivity index (χ0) is 23.4. The number of nitrogens with two attached hydrogens (primary N) is 1. The van der Waals surface area contributed by atoms with Crippen molar-refractivity contribution in [3.05, 3.63) is 60.8 Å². The fourth-order valence-electron chi connectivity index (χ4n) is 3.64. The van der Waals surface area contributed by atoms with Crippen molar-refractivity contribution in [3.63, 3.8) is 0 Å². The Morgan fingerprint density at radius 3 is 2.61 bits per heavy atom. The first-order valence-electron chi connectivity index (χ1n) is 10.6. The van der Waals surface area contributed by atoms with Gasteiger partial charge in [0.2, 0.25) is 15.9 Å². The summed E-state index contributed by atoms with van der Waals surface area (Å²) in [5.74, 6) is -0.212. The molecule has 2 heterocycles. The molecule has 3 N–H and O–H groups in total. The normalized spacial score (nSPS) is 17.1.